The Balaban J connectivity index is 1.95. The molecule has 1 aliphatic heterocycles. The molecular formula is C21H18O3. The maximum Gasteiger partial charge on any atom is 0.129 e. The van der Waals surface area contributed by atoms with Gasteiger partial charge in [0.2, 0.25) is 0 Å². The van der Waals surface area contributed by atoms with E-state index in [9.17, 15) is 10.2 Å². The van der Waals surface area contributed by atoms with Gasteiger partial charge >= 0.3 is 0 Å². The van der Waals surface area contributed by atoms with E-state index in [2.05, 4.69) is 0 Å². The number of rotatable bonds is 2. The monoisotopic (exact) mass is 318 g/mol. The molecule has 0 fully saturated rings. The van der Waals surface area contributed by atoms with Crippen LogP contribution >= 0.6 is 0 Å². The van der Waals surface area contributed by atoms with Crippen LogP contribution in [-0.2, 0) is 5.60 Å². The van der Waals surface area contributed by atoms with Gasteiger partial charge in [0.1, 0.15) is 17.1 Å². The Morgan fingerprint density at radius 1 is 0.875 bits per heavy atom. The van der Waals surface area contributed by atoms with Gasteiger partial charge in [-0.1, -0.05) is 60.7 Å². The van der Waals surface area contributed by atoms with Gasteiger partial charge in [-0.05, 0) is 23.3 Å². The summed E-state index contributed by atoms with van der Waals surface area (Å²) in [6.45, 7) is 0.339. The lowest BCUT2D eigenvalue weighted by Gasteiger charge is -2.42. The van der Waals surface area contributed by atoms with Crippen LogP contribution in [0, 0.1) is 0 Å². The molecule has 120 valence electrons. The number of aliphatic hydroxyl groups is 1. The fourth-order valence-electron chi connectivity index (χ4n) is 3.50. The van der Waals surface area contributed by atoms with E-state index < -0.39 is 5.60 Å². The standard InChI is InChI=1S/C21H18O3/c22-17-11-12-18-20(13-17)24-14-19(15-7-3-1-4-8-15)21(18,23)16-9-5-2-6-10-16/h1-13,19,22-23H,14H2. The lowest BCUT2D eigenvalue weighted by atomic mass is 9.72. The Morgan fingerprint density at radius 2 is 1.54 bits per heavy atom. The second-order valence-corrected chi connectivity index (χ2v) is 6.09. The van der Waals surface area contributed by atoms with Crippen molar-refractivity contribution < 1.29 is 14.9 Å². The van der Waals surface area contributed by atoms with Crippen molar-refractivity contribution in [3.8, 4) is 11.5 Å². The van der Waals surface area contributed by atoms with Gasteiger partial charge in [-0.2, -0.15) is 0 Å². The van der Waals surface area contributed by atoms with Crippen molar-refractivity contribution in [2.75, 3.05) is 6.61 Å². The summed E-state index contributed by atoms with van der Waals surface area (Å²) >= 11 is 0. The van der Waals surface area contributed by atoms with Crippen molar-refractivity contribution in [2.24, 2.45) is 0 Å². The summed E-state index contributed by atoms with van der Waals surface area (Å²) < 4.78 is 5.87. The third-order valence-corrected chi connectivity index (χ3v) is 4.70. The second-order valence-electron chi connectivity index (χ2n) is 6.09. The molecule has 1 heterocycles. The summed E-state index contributed by atoms with van der Waals surface area (Å²) in [7, 11) is 0. The van der Waals surface area contributed by atoms with Crippen molar-refractivity contribution in [3.63, 3.8) is 0 Å². The fraction of sp³-hybridized carbons (Fsp3) is 0.143. The van der Waals surface area contributed by atoms with Gasteiger partial charge in [0.25, 0.3) is 0 Å². The van der Waals surface area contributed by atoms with Gasteiger partial charge < -0.3 is 14.9 Å². The fourth-order valence-corrected chi connectivity index (χ4v) is 3.50. The molecular weight excluding hydrogens is 300 g/mol. The zero-order chi connectivity index (χ0) is 16.6. The molecule has 4 rings (SSSR count). The summed E-state index contributed by atoms with van der Waals surface area (Å²) in [5.74, 6) is 0.411. The predicted molar refractivity (Wildman–Crippen MR) is 92.2 cm³/mol. The number of aromatic hydroxyl groups is 1. The Morgan fingerprint density at radius 3 is 2.25 bits per heavy atom. The predicted octanol–water partition coefficient (Wildman–Crippen LogP) is 3.80. The number of hydrogen-bond donors (Lipinski definition) is 2. The van der Waals surface area contributed by atoms with Crippen molar-refractivity contribution in [2.45, 2.75) is 11.5 Å². The smallest absolute Gasteiger partial charge is 0.129 e. The summed E-state index contributed by atoms with van der Waals surface area (Å²) in [5, 5.41) is 21.6. The average molecular weight is 318 g/mol. The summed E-state index contributed by atoms with van der Waals surface area (Å²) in [6, 6.07) is 24.4. The Hall–Kier alpha value is -2.78. The first kappa shape index (κ1) is 14.8. The first-order valence-corrected chi connectivity index (χ1v) is 7.99. The molecule has 0 saturated carbocycles. The molecule has 3 heteroatoms. The number of hydrogen-bond acceptors (Lipinski definition) is 3. The molecule has 0 saturated heterocycles. The normalized spacial score (nSPS) is 22.5. The first-order valence-electron chi connectivity index (χ1n) is 7.99. The highest BCUT2D eigenvalue weighted by Gasteiger charge is 2.46. The highest BCUT2D eigenvalue weighted by molar-refractivity contribution is 5.52. The van der Waals surface area contributed by atoms with E-state index in [0.717, 1.165) is 11.1 Å². The molecule has 1 aliphatic rings. The van der Waals surface area contributed by atoms with Crippen LogP contribution in [0.25, 0.3) is 0 Å². The van der Waals surface area contributed by atoms with Crippen LogP contribution in [0.3, 0.4) is 0 Å². The molecule has 3 aromatic carbocycles. The maximum atomic E-state index is 11.8. The van der Waals surface area contributed by atoms with Crippen LogP contribution in [-0.4, -0.2) is 16.8 Å². The van der Waals surface area contributed by atoms with Crippen molar-refractivity contribution in [1.29, 1.82) is 0 Å². The quantitative estimate of drug-likeness (QED) is 0.755. The number of ether oxygens (including phenoxy) is 1. The maximum absolute atomic E-state index is 11.8. The zero-order valence-electron chi connectivity index (χ0n) is 13.1. The third-order valence-electron chi connectivity index (χ3n) is 4.70. The minimum Gasteiger partial charge on any atom is -0.508 e. The molecule has 2 atom stereocenters. The summed E-state index contributed by atoms with van der Waals surface area (Å²) in [5.41, 5.74) is 1.28. The van der Waals surface area contributed by atoms with E-state index in [1.165, 1.54) is 0 Å². The highest BCUT2D eigenvalue weighted by Crippen LogP contribution is 2.49. The molecule has 24 heavy (non-hydrogen) atoms. The number of phenols is 1. The van der Waals surface area contributed by atoms with Crippen molar-refractivity contribution in [1.82, 2.24) is 0 Å². The first-order chi connectivity index (χ1) is 11.7. The van der Waals surface area contributed by atoms with Gasteiger partial charge in [-0.3, -0.25) is 0 Å². The molecule has 3 aromatic rings. The molecule has 2 N–H and O–H groups in total. The van der Waals surface area contributed by atoms with Gasteiger partial charge in [-0.15, -0.1) is 0 Å². The largest absolute Gasteiger partial charge is 0.508 e. The van der Waals surface area contributed by atoms with Crippen LogP contribution in [0.4, 0.5) is 0 Å². The molecule has 0 amide bonds. The van der Waals surface area contributed by atoms with Crippen LogP contribution in [0.2, 0.25) is 0 Å². The third kappa shape index (κ3) is 2.25. The van der Waals surface area contributed by atoms with Crippen molar-refractivity contribution in [3.05, 3.63) is 95.6 Å². The molecule has 2 unspecified atom stereocenters. The number of fused-ring (bicyclic) bond motifs is 1. The van der Waals surface area contributed by atoms with E-state index in [0.29, 0.717) is 17.9 Å². The zero-order valence-corrected chi connectivity index (χ0v) is 13.1. The molecule has 0 aliphatic carbocycles. The van der Waals surface area contributed by atoms with E-state index >= 15 is 0 Å². The van der Waals surface area contributed by atoms with E-state index in [-0.39, 0.29) is 11.7 Å². The van der Waals surface area contributed by atoms with Crippen LogP contribution in [0.15, 0.2) is 78.9 Å². The molecule has 0 aromatic heterocycles. The number of phenolic OH excluding ortho intramolecular Hbond substituents is 1. The lowest BCUT2D eigenvalue weighted by Crippen LogP contribution is -2.41. The van der Waals surface area contributed by atoms with Gasteiger partial charge in [-0.25, -0.2) is 0 Å². The molecule has 0 bridgehead atoms. The Labute approximate surface area is 140 Å². The molecule has 0 radical (unpaired) electrons. The Bertz CT molecular complexity index is 845. The number of benzene rings is 3. The minimum absolute atomic E-state index is 0.127. The van der Waals surface area contributed by atoms with Gasteiger partial charge in [0.15, 0.2) is 0 Å². The van der Waals surface area contributed by atoms with Gasteiger partial charge in [0.05, 0.1) is 12.5 Å². The van der Waals surface area contributed by atoms with Crippen LogP contribution in [0.1, 0.15) is 22.6 Å². The van der Waals surface area contributed by atoms with E-state index in [1.54, 1.807) is 18.2 Å². The SMILES string of the molecule is Oc1ccc2c(c1)OCC(c1ccccc1)C2(O)c1ccccc1. The van der Waals surface area contributed by atoms with E-state index in [1.807, 2.05) is 60.7 Å². The summed E-state index contributed by atoms with van der Waals surface area (Å²) in [4.78, 5) is 0. The van der Waals surface area contributed by atoms with Crippen LogP contribution < -0.4 is 4.74 Å². The van der Waals surface area contributed by atoms with Gasteiger partial charge in [0, 0.05) is 11.6 Å². The van der Waals surface area contributed by atoms with Crippen molar-refractivity contribution >= 4 is 0 Å². The topological polar surface area (TPSA) is 49.7 Å². The molecule has 3 nitrogen and oxygen atoms in total. The lowest BCUT2D eigenvalue weighted by molar-refractivity contribution is 0.0106. The summed E-state index contributed by atoms with van der Waals surface area (Å²) in [6.07, 6.45) is 0. The Kier molecular flexibility index (Phi) is 3.51. The van der Waals surface area contributed by atoms with Crippen LogP contribution in [0.5, 0.6) is 11.5 Å². The van der Waals surface area contributed by atoms with E-state index in [4.69, 9.17) is 4.74 Å². The molecule has 0 spiro atoms. The average Bonchev–Trinajstić information content (AvgIpc) is 2.63. The minimum atomic E-state index is -1.22. The highest BCUT2D eigenvalue weighted by atomic mass is 16.5. The second kappa shape index (κ2) is 5.69.